The van der Waals surface area contributed by atoms with E-state index < -0.39 is 17.7 Å². The molecule has 154 valence electrons. The Balaban J connectivity index is 1.95. The van der Waals surface area contributed by atoms with Crippen molar-refractivity contribution in [2.45, 2.75) is 18.5 Å². The lowest BCUT2D eigenvalue weighted by molar-refractivity contribution is -0.137. The fourth-order valence-corrected chi connectivity index (χ4v) is 3.40. The van der Waals surface area contributed by atoms with Gasteiger partial charge >= 0.3 is 6.18 Å². The normalized spacial score (nSPS) is 13.0. The summed E-state index contributed by atoms with van der Waals surface area (Å²) in [6.45, 7) is 1.17. The summed E-state index contributed by atoms with van der Waals surface area (Å²) in [5.74, 6) is -0.688. The first-order chi connectivity index (χ1) is 13.8. The monoisotopic (exact) mass is 403 g/mol. The standard InChI is InChI=1S/C22H24F3N3O/c1-28(2)11-10-26-21(29)13-18(15-6-5-7-16(12-15)22(23,24)25)19-14-27-20-9-4-3-8-17(19)20/h3-9,12,14,18,27H,10-11,13H2,1-2H3,(H,26,29). The van der Waals surface area contributed by atoms with Crippen LogP contribution in [-0.4, -0.2) is 43.0 Å². The molecule has 0 saturated heterocycles. The predicted octanol–water partition coefficient (Wildman–Crippen LogP) is 4.39. The summed E-state index contributed by atoms with van der Waals surface area (Å²) >= 11 is 0. The SMILES string of the molecule is CN(C)CCNC(=O)CC(c1cccc(C(F)(F)F)c1)c1c[nH]c2ccccc12. The molecule has 4 nitrogen and oxygen atoms in total. The summed E-state index contributed by atoms with van der Waals surface area (Å²) in [4.78, 5) is 17.7. The summed E-state index contributed by atoms with van der Waals surface area (Å²) in [6, 6.07) is 12.8. The highest BCUT2D eigenvalue weighted by Crippen LogP contribution is 2.36. The Kier molecular flexibility index (Phi) is 6.27. The van der Waals surface area contributed by atoms with Crippen molar-refractivity contribution >= 4 is 16.8 Å². The minimum absolute atomic E-state index is 0.0661. The zero-order valence-corrected chi connectivity index (χ0v) is 16.4. The van der Waals surface area contributed by atoms with E-state index in [1.807, 2.05) is 43.3 Å². The number of halogens is 3. The highest BCUT2D eigenvalue weighted by molar-refractivity contribution is 5.86. The van der Waals surface area contributed by atoms with Gasteiger partial charge in [-0.05, 0) is 37.4 Å². The van der Waals surface area contributed by atoms with Crippen molar-refractivity contribution < 1.29 is 18.0 Å². The lowest BCUT2D eigenvalue weighted by Crippen LogP contribution is -2.32. The van der Waals surface area contributed by atoms with Gasteiger partial charge in [0.2, 0.25) is 5.91 Å². The molecule has 0 radical (unpaired) electrons. The molecule has 3 rings (SSSR count). The van der Waals surface area contributed by atoms with Crippen LogP contribution in [0.2, 0.25) is 0 Å². The molecule has 3 aromatic rings. The minimum Gasteiger partial charge on any atom is -0.361 e. The first-order valence-electron chi connectivity index (χ1n) is 9.40. The molecule has 1 aromatic heterocycles. The molecule has 0 aliphatic rings. The Bertz CT molecular complexity index is 979. The van der Waals surface area contributed by atoms with E-state index in [0.717, 1.165) is 28.6 Å². The highest BCUT2D eigenvalue weighted by Gasteiger charge is 2.31. The maximum Gasteiger partial charge on any atom is 0.416 e. The van der Waals surface area contributed by atoms with Gasteiger partial charge in [-0.15, -0.1) is 0 Å². The van der Waals surface area contributed by atoms with Crippen LogP contribution in [0.25, 0.3) is 10.9 Å². The van der Waals surface area contributed by atoms with Gasteiger partial charge in [0.05, 0.1) is 5.56 Å². The number of alkyl halides is 3. The summed E-state index contributed by atoms with van der Waals surface area (Å²) < 4.78 is 39.7. The van der Waals surface area contributed by atoms with Crippen molar-refractivity contribution in [3.05, 3.63) is 71.4 Å². The van der Waals surface area contributed by atoms with Gasteiger partial charge in [-0.1, -0.05) is 36.4 Å². The molecular weight excluding hydrogens is 379 g/mol. The molecule has 1 heterocycles. The van der Waals surface area contributed by atoms with E-state index >= 15 is 0 Å². The lowest BCUT2D eigenvalue weighted by Gasteiger charge is -2.19. The molecule has 0 saturated carbocycles. The Morgan fingerprint density at radius 2 is 1.90 bits per heavy atom. The van der Waals surface area contributed by atoms with Crippen LogP contribution in [-0.2, 0) is 11.0 Å². The molecular formula is C22H24F3N3O. The van der Waals surface area contributed by atoms with Crippen LogP contribution in [0, 0.1) is 0 Å². The van der Waals surface area contributed by atoms with Crippen LogP contribution in [0.5, 0.6) is 0 Å². The molecule has 1 atom stereocenters. The van der Waals surface area contributed by atoms with Gasteiger partial charge in [-0.2, -0.15) is 13.2 Å². The number of rotatable bonds is 7. The van der Waals surface area contributed by atoms with E-state index in [2.05, 4.69) is 10.3 Å². The second kappa shape index (κ2) is 8.69. The molecule has 0 aliphatic carbocycles. The minimum atomic E-state index is -4.44. The number of fused-ring (bicyclic) bond motifs is 1. The van der Waals surface area contributed by atoms with Gasteiger partial charge in [-0.25, -0.2) is 0 Å². The average Bonchev–Trinajstić information content (AvgIpc) is 3.09. The smallest absolute Gasteiger partial charge is 0.361 e. The number of likely N-dealkylation sites (N-methyl/N-ethyl adjacent to an activating group) is 1. The highest BCUT2D eigenvalue weighted by atomic mass is 19.4. The fourth-order valence-electron chi connectivity index (χ4n) is 3.40. The number of nitrogens with one attached hydrogen (secondary N) is 2. The molecule has 29 heavy (non-hydrogen) atoms. The summed E-state index contributed by atoms with van der Waals surface area (Å²) in [7, 11) is 3.81. The first-order valence-corrected chi connectivity index (χ1v) is 9.40. The summed E-state index contributed by atoms with van der Waals surface area (Å²) in [6.07, 6.45) is -2.59. The van der Waals surface area contributed by atoms with Crippen LogP contribution in [0.1, 0.15) is 29.0 Å². The van der Waals surface area contributed by atoms with Gasteiger partial charge < -0.3 is 15.2 Å². The number of aromatic nitrogens is 1. The van der Waals surface area contributed by atoms with Gasteiger partial charge in [0.25, 0.3) is 0 Å². The number of H-pyrrole nitrogens is 1. The number of carbonyl (C=O) groups excluding carboxylic acids is 1. The first kappa shape index (κ1) is 20.9. The molecule has 0 aliphatic heterocycles. The topological polar surface area (TPSA) is 48.1 Å². The van der Waals surface area contributed by atoms with E-state index in [-0.39, 0.29) is 12.3 Å². The Morgan fingerprint density at radius 1 is 1.14 bits per heavy atom. The number of hydrogen-bond donors (Lipinski definition) is 2. The maximum absolute atomic E-state index is 13.2. The van der Waals surface area contributed by atoms with Gasteiger partial charge in [0.1, 0.15) is 0 Å². The van der Waals surface area contributed by atoms with Gasteiger partial charge in [0, 0.05) is 42.5 Å². The Hall–Kier alpha value is -2.80. The van der Waals surface area contributed by atoms with Crippen LogP contribution in [0.4, 0.5) is 13.2 Å². The third-order valence-electron chi connectivity index (χ3n) is 4.88. The Morgan fingerprint density at radius 3 is 2.62 bits per heavy atom. The summed E-state index contributed by atoms with van der Waals surface area (Å²) in [5.41, 5.74) is 1.44. The number of hydrogen-bond acceptors (Lipinski definition) is 2. The van der Waals surface area contributed by atoms with Gasteiger partial charge in [0.15, 0.2) is 0 Å². The summed E-state index contributed by atoms with van der Waals surface area (Å²) in [5, 5.41) is 3.76. The molecule has 1 amide bonds. The molecule has 1 unspecified atom stereocenters. The maximum atomic E-state index is 13.2. The predicted molar refractivity (Wildman–Crippen MR) is 108 cm³/mol. The van der Waals surface area contributed by atoms with E-state index in [1.165, 1.54) is 6.07 Å². The van der Waals surface area contributed by atoms with Crippen molar-refractivity contribution in [1.82, 2.24) is 15.2 Å². The number of nitrogens with zero attached hydrogens (tertiary/aromatic N) is 1. The van der Waals surface area contributed by atoms with E-state index in [4.69, 9.17) is 0 Å². The van der Waals surface area contributed by atoms with Crippen molar-refractivity contribution in [3.8, 4) is 0 Å². The van der Waals surface area contributed by atoms with Crippen LogP contribution >= 0.6 is 0 Å². The Labute approximate surface area is 167 Å². The van der Waals surface area contributed by atoms with Crippen LogP contribution in [0.15, 0.2) is 54.7 Å². The van der Waals surface area contributed by atoms with E-state index in [1.54, 1.807) is 12.3 Å². The fraction of sp³-hybridized carbons (Fsp3) is 0.318. The zero-order chi connectivity index (χ0) is 21.0. The van der Waals surface area contributed by atoms with E-state index in [9.17, 15) is 18.0 Å². The number of benzene rings is 2. The number of aromatic amines is 1. The molecule has 0 fully saturated rings. The van der Waals surface area contributed by atoms with Crippen molar-refractivity contribution in [3.63, 3.8) is 0 Å². The zero-order valence-electron chi connectivity index (χ0n) is 16.4. The largest absolute Gasteiger partial charge is 0.416 e. The number of carbonyl (C=O) groups is 1. The molecule has 0 spiro atoms. The molecule has 2 N–H and O–H groups in total. The third kappa shape index (κ3) is 5.17. The average molecular weight is 403 g/mol. The second-order valence-corrected chi connectivity index (χ2v) is 7.32. The molecule has 7 heteroatoms. The van der Waals surface area contributed by atoms with Crippen molar-refractivity contribution in [1.29, 1.82) is 0 Å². The van der Waals surface area contributed by atoms with Crippen molar-refractivity contribution in [2.24, 2.45) is 0 Å². The number of para-hydroxylation sites is 1. The van der Waals surface area contributed by atoms with E-state index in [0.29, 0.717) is 18.7 Å². The van der Waals surface area contributed by atoms with Crippen molar-refractivity contribution in [2.75, 3.05) is 27.2 Å². The molecule has 2 aromatic carbocycles. The molecule has 0 bridgehead atoms. The number of amides is 1. The van der Waals surface area contributed by atoms with Crippen LogP contribution in [0.3, 0.4) is 0 Å². The van der Waals surface area contributed by atoms with Gasteiger partial charge in [-0.3, -0.25) is 4.79 Å². The van der Waals surface area contributed by atoms with Crippen LogP contribution < -0.4 is 5.32 Å². The lowest BCUT2D eigenvalue weighted by atomic mass is 9.87. The quantitative estimate of drug-likeness (QED) is 0.615. The second-order valence-electron chi connectivity index (χ2n) is 7.32. The third-order valence-corrected chi connectivity index (χ3v) is 4.88.